The Morgan fingerprint density at radius 1 is 1.36 bits per heavy atom. The van der Waals surface area contributed by atoms with Crippen LogP contribution in [0.25, 0.3) is 0 Å². The summed E-state index contributed by atoms with van der Waals surface area (Å²) in [6.45, 7) is 5.23. The third kappa shape index (κ3) is 4.40. The normalized spacial score (nSPS) is 16.1. The van der Waals surface area contributed by atoms with Crippen molar-refractivity contribution >= 4 is 44.0 Å². The maximum Gasteiger partial charge on any atom is 0.240 e. The van der Waals surface area contributed by atoms with Crippen LogP contribution in [0, 0.1) is 6.92 Å². The molecular formula is C18H22N4O4S2. The maximum absolute atomic E-state index is 12.5. The van der Waals surface area contributed by atoms with Crippen LogP contribution in [-0.4, -0.2) is 37.8 Å². The van der Waals surface area contributed by atoms with E-state index in [2.05, 4.69) is 15.0 Å². The van der Waals surface area contributed by atoms with Gasteiger partial charge in [0.15, 0.2) is 5.13 Å². The van der Waals surface area contributed by atoms with Gasteiger partial charge in [0.05, 0.1) is 10.6 Å². The van der Waals surface area contributed by atoms with Gasteiger partial charge >= 0.3 is 0 Å². The van der Waals surface area contributed by atoms with Crippen molar-refractivity contribution < 1.29 is 18.0 Å². The van der Waals surface area contributed by atoms with Crippen molar-refractivity contribution in [1.82, 2.24) is 9.71 Å². The van der Waals surface area contributed by atoms with Crippen molar-refractivity contribution in [3.05, 3.63) is 34.8 Å². The fraction of sp³-hybridized carbons (Fsp3) is 0.389. The lowest BCUT2D eigenvalue weighted by atomic mass is 10.1. The number of nitrogens with zero attached hydrogens (tertiary/aromatic N) is 2. The van der Waals surface area contributed by atoms with Gasteiger partial charge < -0.3 is 10.2 Å². The number of anilines is 2. The Balaban J connectivity index is 1.61. The molecule has 0 saturated heterocycles. The topological polar surface area (TPSA) is 108 Å². The highest BCUT2D eigenvalue weighted by Crippen LogP contribution is 2.33. The van der Waals surface area contributed by atoms with Crippen LogP contribution in [0.3, 0.4) is 0 Å². The summed E-state index contributed by atoms with van der Waals surface area (Å²) in [7, 11) is -3.75. The van der Waals surface area contributed by atoms with Gasteiger partial charge in [-0.1, -0.05) is 0 Å². The van der Waals surface area contributed by atoms with Gasteiger partial charge in [-0.25, -0.2) is 18.1 Å². The summed E-state index contributed by atoms with van der Waals surface area (Å²) in [6.07, 6.45) is 0.603. The first-order valence-corrected chi connectivity index (χ1v) is 11.2. The van der Waals surface area contributed by atoms with Crippen molar-refractivity contribution in [2.75, 3.05) is 16.8 Å². The third-order valence-electron chi connectivity index (χ3n) is 4.43. The molecule has 1 unspecified atom stereocenters. The van der Waals surface area contributed by atoms with Crippen LogP contribution >= 0.6 is 11.3 Å². The Hall–Kier alpha value is -2.30. The third-order valence-corrected chi connectivity index (χ3v) is 6.76. The maximum atomic E-state index is 12.5. The largest absolute Gasteiger partial charge is 0.309 e. The van der Waals surface area contributed by atoms with Gasteiger partial charge in [0.25, 0.3) is 0 Å². The van der Waals surface area contributed by atoms with Gasteiger partial charge in [-0.3, -0.25) is 9.59 Å². The number of carbonyl (C=O) groups is 2. The van der Waals surface area contributed by atoms with Gasteiger partial charge in [-0.05, 0) is 44.0 Å². The van der Waals surface area contributed by atoms with E-state index in [1.54, 1.807) is 17.0 Å². The molecule has 1 aliphatic heterocycles. The minimum Gasteiger partial charge on any atom is -0.309 e. The van der Waals surface area contributed by atoms with Gasteiger partial charge in [-0.2, -0.15) is 0 Å². The highest BCUT2D eigenvalue weighted by Gasteiger charge is 2.30. The van der Waals surface area contributed by atoms with Crippen LogP contribution in [0.1, 0.15) is 31.5 Å². The van der Waals surface area contributed by atoms with Crippen molar-refractivity contribution in [3.8, 4) is 0 Å². The second-order valence-electron chi connectivity index (χ2n) is 6.72. The number of carbonyl (C=O) groups excluding carboxylic acids is 2. The molecule has 0 radical (unpaired) electrons. The second-order valence-corrected chi connectivity index (χ2v) is 9.35. The Bertz CT molecular complexity index is 1020. The molecule has 2 heterocycles. The zero-order valence-electron chi connectivity index (χ0n) is 15.9. The molecule has 0 fully saturated rings. The standard InChI is InChI=1S/C18H22N4O4S2/c1-11-10-27-18(20-11)21-17(24)6-7-19-28(25,26)15-4-5-16-14(9-15)8-12(2)22(16)13(3)23/h4-5,9-10,12,19H,6-8H2,1-3H3,(H,20,21,24). The predicted octanol–water partition coefficient (Wildman–Crippen LogP) is 2.06. The number of aryl methyl sites for hydroxylation is 1. The number of aromatic nitrogens is 1. The Morgan fingerprint density at radius 2 is 2.11 bits per heavy atom. The van der Waals surface area contributed by atoms with Crippen LogP contribution in [0.5, 0.6) is 0 Å². The van der Waals surface area contributed by atoms with Crippen LogP contribution in [0.15, 0.2) is 28.5 Å². The number of sulfonamides is 1. The number of benzene rings is 1. The highest BCUT2D eigenvalue weighted by atomic mass is 32.2. The van der Waals surface area contributed by atoms with E-state index in [1.165, 1.54) is 24.3 Å². The number of amides is 2. The lowest BCUT2D eigenvalue weighted by molar-refractivity contribution is -0.117. The van der Waals surface area contributed by atoms with Crippen LogP contribution < -0.4 is 14.9 Å². The summed E-state index contributed by atoms with van der Waals surface area (Å²) < 4.78 is 27.5. The zero-order valence-corrected chi connectivity index (χ0v) is 17.5. The Kier molecular flexibility index (Phi) is 5.82. The smallest absolute Gasteiger partial charge is 0.240 e. The number of thiazole rings is 1. The minimum atomic E-state index is -3.75. The van der Waals surface area contributed by atoms with Gasteiger partial charge in [0.1, 0.15) is 0 Å². The summed E-state index contributed by atoms with van der Waals surface area (Å²) >= 11 is 1.32. The first-order chi connectivity index (χ1) is 13.2. The van der Waals surface area contributed by atoms with Crippen molar-refractivity contribution in [3.63, 3.8) is 0 Å². The number of nitrogens with one attached hydrogen (secondary N) is 2. The Labute approximate surface area is 168 Å². The SMILES string of the molecule is CC(=O)N1c2ccc(S(=O)(=O)NCCC(=O)Nc3nc(C)cs3)cc2CC1C. The second kappa shape index (κ2) is 7.98. The summed E-state index contributed by atoms with van der Waals surface area (Å²) in [5, 5.41) is 4.95. The van der Waals surface area contributed by atoms with E-state index in [0.717, 1.165) is 16.9 Å². The van der Waals surface area contributed by atoms with E-state index >= 15 is 0 Å². The van der Waals surface area contributed by atoms with Gasteiger partial charge in [0.2, 0.25) is 21.8 Å². The van der Waals surface area contributed by atoms with E-state index in [-0.39, 0.29) is 35.7 Å². The average molecular weight is 423 g/mol. The quantitative estimate of drug-likeness (QED) is 0.741. The highest BCUT2D eigenvalue weighted by molar-refractivity contribution is 7.89. The van der Waals surface area contributed by atoms with E-state index in [1.807, 2.05) is 19.2 Å². The van der Waals surface area contributed by atoms with Gasteiger partial charge in [0, 0.05) is 37.0 Å². The number of rotatable bonds is 6. The fourth-order valence-corrected chi connectivity index (χ4v) is 5.02. The molecule has 2 amide bonds. The first kappa shape index (κ1) is 20.4. The predicted molar refractivity (Wildman–Crippen MR) is 108 cm³/mol. The van der Waals surface area contributed by atoms with E-state index in [4.69, 9.17) is 0 Å². The summed E-state index contributed by atoms with van der Waals surface area (Å²) in [5.74, 6) is -0.377. The average Bonchev–Trinajstić information content (AvgIpc) is 3.15. The molecule has 3 rings (SSSR count). The molecule has 0 saturated carbocycles. The molecule has 2 N–H and O–H groups in total. The van der Waals surface area contributed by atoms with E-state index < -0.39 is 10.0 Å². The number of hydrogen-bond acceptors (Lipinski definition) is 6. The molecule has 150 valence electrons. The first-order valence-electron chi connectivity index (χ1n) is 8.82. The lowest BCUT2D eigenvalue weighted by Gasteiger charge is -2.20. The van der Waals surface area contributed by atoms with Crippen LogP contribution in [0.4, 0.5) is 10.8 Å². The molecule has 8 nitrogen and oxygen atoms in total. The van der Waals surface area contributed by atoms with Crippen molar-refractivity contribution in [2.24, 2.45) is 0 Å². The monoisotopic (exact) mass is 422 g/mol. The number of fused-ring (bicyclic) bond motifs is 1. The zero-order chi connectivity index (χ0) is 20.5. The minimum absolute atomic E-state index is 0.00204. The van der Waals surface area contributed by atoms with E-state index in [0.29, 0.717) is 11.6 Å². The molecule has 2 aromatic rings. The molecule has 0 spiro atoms. The molecule has 1 atom stereocenters. The van der Waals surface area contributed by atoms with Crippen molar-refractivity contribution in [1.29, 1.82) is 0 Å². The molecular weight excluding hydrogens is 400 g/mol. The number of hydrogen-bond donors (Lipinski definition) is 2. The van der Waals surface area contributed by atoms with Crippen molar-refractivity contribution in [2.45, 2.75) is 44.6 Å². The molecule has 1 aromatic carbocycles. The van der Waals surface area contributed by atoms with E-state index in [9.17, 15) is 18.0 Å². The summed E-state index contributed by atoms with van der Waals surface area (Å²) in [6, 6.07) is 4.73. The molecule has 28 heavy (non-hydrogen) atoms. The van der Waals surface area contributed by atoms with Gasteiger partial charge in [-0.15, -0.1) is 11.3 Å². The Morgan fingerprint density at radius 3 is 2.75 bits per heavy atom. The molecule has 1 aliphatic rings. The van der Waals surface area contributed by atoms with Crippen LogP contribution in [-0.2, 0) is 26.0 Å². The molecule has 10 heteroatoms. The molecule has 1 aromatic heterocycles. The lowest BCUT2D eigenvalue weighted by Crippen LogP contribution is -2.33. The van der Waals surface area contributed by atoms with Crippen LogP contribution in [0.2, 0.25) is 0 Å². The molecule has 0 aliphatic carbocycles. The molecule has 0 bridgehead atoms. The summed E-state index contributed by atoms with van der Waals surface area (Å²) in [5.41, 5.74) is 2.38. The fourth-order valence-electron chi connectivity index (χ4n) is 3.23. The summed E-state index contributed by atoms with van der Waals surface area (Å²) in [4.78, 5) is 29.6.